The molecule has 1 N–H and O–H groups in total. The van der Waals surface area contributed by atoms with Crippen LogP contribution in [0.25, 0.3) is 0 Å². The molecular formula is C18H26F3N3O2. The van der Waals surface area contributed by atoms with E-state index in [1.807, 2.05) is 6.92 Å². The Morgan fingerprint density at radius 3 is 2.88 bits per heavy atom. The Balaban J connectivity index is 1.87. The van der Waals surface area contributed by atoms with E-state index in [4.69, 9.17) is 9.47 Å². The number of ether oxygens (including phenoxy) is 2. The lowest BCUT2D eigenvalue weighted by Gasteiger charge is -2.21. The normalized spacial score (nSPS) is 18.3. The third-order valence-electron chi connectivity index (χ3n) is 4.11. The second-order valence-electron chi connectivity index (χ2n) is 6.17. The summed E-state index contributed by atoms with van der Waals surface area (Å²) in [7, 11) is 1.70. The SMILES string of the molecule is CCNC(=NCCOc1cccc(C(F)(F)F)c1)N1CCC(COC)C1. The number of methoxy groups -OCH3 is 1. The Bertz CT molecular complexity index is 593. The van der Waals surface area contributed by atoms with Crippen molar-refractivity contribution in [2.45, 2.75) is 19.5 Å². The molecular weight excluding hydrogens is 347 g/mol. The maximum Gasteiger partial charge on any atom is 0.416 e. The number of guanidine groups is 1. The first-order valence-corrected chi connectivity index (χ1v) is 8.76. The largest absolute Gasteiger partial charge is 0.492 e. The van der Waals surface area contributed by atoms with Crippen LogP contribution in [0.1, 0.15) is 18.9 Å². The summed E-state index contributed by atoms with van der Waals surface area (Å²) in [6, 6.07) is 4.88. The van der Waals surface area contributed by atoms with Crippen LogP contribution in [0.4, 0.5) is 13.2 Å². The van der Waals surface area contributed by atoms with Gasteiger partial charge in [0.25, 0.3) is 0 Å². The zero-order valence-corrected chi connectivity index (χ0v) is 15.2. The molecule has 1 saturated heterocycles. The Morgan fingerprint density at radius 2 is 2.19 bits per heavy atom. The monoisotopic (exact) mass is 373 g/mol. The standard InChI is InChI=1S/C18H26F3N3O2/c1-3-22-17(24-9-7-14(12-24)13-25-2)23-8-10-26-16-6-4-5-15(11-16)18(19,20)21/h4-6,11,14H,3,7-10,12-13H2,1-2H3,(H,22,23). The van der Waals surface area contributed by atoms with Crippen LogP contribution in [0, 0.1) is 5.92 Å². The Hall–Kier alpha value is -1.96. The van der Waals surface area contributed by atoms with Crippen LogP contribution in [-0.4, -0.2) is 57.4 Å². The fraction of sp³-hybridized carbons (Fsp3) is 0.611. The molecule has 0 aliphatic carbocycles. The van der Waals surface area contributed by atoms with E-state index in [0.29, 0.717) is 12.5 Å². The molecule has 0 saturated carbocycles. The van der Waals surface area contributed by atoms with Gasteiger partial charge in [-0.1, -0.05) is 6.07 Å². The zero-order valence-electron chi connectivity index (χ0n) is 15.2. The van der Waals surface area contributed by atoms with E-state index in [9.17, 15) is 13.2 Å². The average Bonchev–Trinajstić information content (AvgIpc) is 3.06. The molecule has 1 heterocycles. The summed E-state index contributed by atoms with van der Waals surface area (Å²) in [5.74, 6) is 1.49. The van der Waals surface area contributed by atoms with Gasteiger partial charge < -0.3 is 19.7 Å². The minimum absolute atomic E-state index is 0.196. The Labute approximate surface area is 152 Å². The van der Waals surface area contributed by atoms with Crippen molar-refractivity contribution in [2.75, 3.05) is 46.5 Å². The number of rotatable bonds is 7. The third kappa shape index (κ3) is 6.09. The van der Waals surface area contributed by atoms with E-state index in [1.54, 1.807) is 7.11 Å². The molecule has 0 bridgehead atoms. The van der Waals surface area contributed by atoms with Crippen molar-refractivity contribution in [3.05, 3.63) is 29.8 Å². The molecule has 5 nitrogen and oxygen atoms in total. The number of benzene rings is 1. The van der Waals surface area contributed by atoms with Crippen LogP contribution in [0.15, 0.2) is 29.3 Å². The first-order chi connectivity index (χ1) is 12.4. The van der Waals surface area contributed by atoms with E-state index in [2.05, 4.69) is 15.2 Å². The number of hydrogen-bond donors (Lipinski definition) is 1. The highest BCUT2D eigenvalue weighted by Crippen LogP contribution is 2.31. The van der Waals surface area contributed by atoms with Gasteiger partial charge in [-0.05, 0) is 31.5 Å². The topological polar surface area (TPSA) is 46.1 Å². The van der Waals surface area contributed by atoms with Crippen molar-refractivity contribution < 1.29 is 22.6 Å². The van der Waals surface area contributed by atoms with Gasteiger partial charge in [0, 0.05) is 32.7 Å². The number of halogens is 3. The summed E-state index contributed by atoms with van der Waals surface area (Å²) in [4.78, 5) is 6.70. The van der Waals surface area contributed by atoms with Crippen molar-refractivity contribution in [2.24, 2.45) is 10.9 Å². The number of hydrogen-bond acceptors (Lipinski definition) is 3. The smallest absolute Gasteiger partial charge is 0.416 e. The molecule has 1 unspecified atom stereocenters. The van der Waals surface area contributed by atoms with Gasteiger partial charge in [-0.3, -0.25) is 0 Å². The number of likely N-dealkylation sites (tertiary alicyclic amines) is 1. The molecule has 26 heavy (non-hydrogen) atoms. The van der Waals surface area contributed by atoms with Gasteiger partial charge in [0.1, 0.15) is 12.4 Å². The highest BCUT2D eigenvalue weighted by Gasteiger charge is 2.30. The van der Waals surface area contributed by atoms with Gasteiger partial charge >= 0.3 is 6.18 Å². The highest BCUT2D eigenvalue weighted by atomic mass is 19.4. The maximum absolute atomic E-state index is 12.7. The quantitative estimate of drug-likeness (QED) is 0.453. The maximum atomic E-state index is 12.7. The third-order valence-corrected chi connectivity index (χ3v) is 4.11. The van der Waals surface area contributed by atoms with Crippen molar-refractivity contribution in [3.8, 4) is 5.75 Å². The van der Waals surface area contributed by atoms with E-state index in [1.165, 1.54) is 12.1 Å². The molecule has 1 aliphatic heterocycles. The fourth-order valence-electron chi connectivity index (χ4n) is 2.90. The minimum Gasteiger partial charge on any atom is -0.492 e. The van der Waals surface area contributed by atoms with Crippen molar-refractivity contribution in [3.63, 3.8) is 0 Å². The molecule has 1 atom stereocenters. The Kier molecular flexibility index (Phi) is 7.56. The average molecular weight is 373 g/mol. The summed E-state index contributed by atoms with van der Waals surface area (Å²) in [5, 5.41) is 3.25. The predicted octanol–water partition coefficient (Wildman–Crippen LogP) is 3.02. The summed E-state index contributed by atoms with van der Waals surface area (Å²) < 4.78 is 48.7. The molecule has 146 valence electrons. The lowest BCUT2D eigenvalue weighted by molar-refractivity contribution is -0.137. The summed E-state index contributed by atoms with van der Waals surface area (Å²) in [5.41, 5.74) is -0.715. The summed E-state index contributed by atoms with van der Waals surface area (Å²) >= 11 is 0. The first kappa shape index (κ1) is 20.4. The van der Waals surface area contributed by atoms with Crippen molar-refractivity contribution in [1.82, 2.24) is 10.2 Å². The lowest BCUT2D eigenvalue weighted by Crippen LogP contribution is -2.40. The van der Waals surface area contributed by atoms with Crippen molar-refractivity contribution in [1.29, 1.82) is 0 Å². The molecule has 1 fully saturated rings. The molecule has 1 aliphatic rings. The summed E-state index contributed by atoms with van der Waals surface area (Å²) in [6.45, 7) is 5.85. The molecule has 0 radical (unpaired) electrons. The van der Waals surface area contributed by atoms with Gasteiger partial charge in [-0.25, -0.2) is 4.99 Å². The van der Waals surface area contributed by atoms with E-state index < -0.39 is 11.7 Å². The minimum atomic E-state index is -4.37. The van der Waals surface area contributed by atoms with E-state index in [-0.39, 0.29) is 12.4 Å². The highest BCUT2D eigenvalue weighted by molar-refractivity contribution is 5.80. The van der Waals surface area contributed by atoms with E-state index >= 15 is 0 Å². The molecule has 2 rings (SSSR count). The van der Waals surface area contributed by atoms with Gasteiger partial charge in [0.15, 0.2) is 5.96 Å². The Morgan fingerprint density at radius 1 is 1.38 bits per heavy atom. The first-order valence-electron chi connectivity index (χ1n) is 8.76. The van der Waals surface area contributed by atoms with E-state index in [0.717, 1.165) is 50.8 Å². The van der Waals surface area contributed by atoms with Crippen LogP contribution in [-0.2, 0) is 10.9 Å². The van der Waals surface area contributed by atoms with Crippen LogP contribution >= 0.6 is 0 Å². The van der Waals surface area contributed by atoms with Gasteiger partial charge in [0.05, 0.1) is 18.7 Å². The summed E-state index contributed by atoms with van der Waals surface area (Å²) in [6.07, 6.45) is -3.32. The molecule has 1 aromatic carbocycles. The molecule has 8 heteroatoms. The number of nitrogens with zero attached hydrogens (tertiary/aromatic N) is 2. The predicted molar refractivity (Wildman–Crippen MR) is 94.5 cm³/mol. The molecule has 1 aromatic rings. The van der Waals surface area contributed by atoms with Gasteiger partial charge in [0.2, 0.25) is 0 Å². The second-order valence-corrected chi connectivity index (χ2v) is 6.17. The second kappa shape index (κ2) is 9.66. The van der Waals surface area contributed by atoms with Crippen LogP contribution in [0.3, 0.4) is 0 Å². The molecule has 0 aromatic heterocycles. The van der Waals surface area contributed by atoms with Crippen LogP contribution < -0.4 is 10.1 Å². The van der Waals surface area contributed by atoms with Crippen LogP contribution in [0.2, 0.25) is 0 Å². The number of nitrogens with one attached hydrogen (secondary N) is 1. The molecule has 0 amide bonds. The molecule has 0 spiro atoms. The number of aliphatic imine (C=N–C) groups is 1. The lowest BCUT2D eigenvalue weighted by atomic mass is 10.1. The fourth-order valence-corrected chi connectivity index (χ4v) is 2.90. The number of alkyl halides is 3. The zero-order chi connectivity index (χ0) is 19.0. The van der Waals surface area contributed by atoms with Crippen molar-refractivity contribution >= 4 is 5.96 Å². The van der Waals surface area contributed by atoms with Crippen LogP contribution in [0.5, 0.6) is 5.75 Å². The van der Waals surface area contributed by atoms with Gasteiger partial charge in [-0.15, -0.1) is 0 Å². The van der Waals surface area contributed by atoms with Gasteiger partial charge in [-0.2, -0.15) is 13.2 Å².